The molecule has 1 aliphatic carbocycles. The lowest BCUT2D eigenvalue weighted by molar-refractivity contribution is 0.143. The van der Waals surface area contributed by atoms with Crippen LogP contribution in [0.3, 0.4) is 0 Å². The molecule has 0 spiro atoms. The lowest BCUT2D eigenvalue weighted by Crippen LogP contribution is -2.26. The number of hydrogen-bond acceptors (Lipinski definition) is 3. The van der Waals surface area contributed by atoms with E-state index >= 15 is 0 Å². The van der Waals surface area contributed by atoms with Gasteiger partial charge in [0.2, 0.25) is 0 Å². The first kappa shape index (κ1) is 19.7. The van der Waals surface area contributed by atoms with Crippen LogP contribution in [0.1, 0.15) is 29.0 Å². The molecule has 0 atom stereocenters. The molecule has 2 N–H and O–H groups in total. The zero-order valence-corrected chi connectivity index (χ0v) is 16.3. The standard InChI is InChI=1S/C25H22FNO3/c26-18-12-13-24(28)17(15-18)7-5-6-14-27-25(29)30-16-23-21-10-3-1-8-19(21)20-9-2-4-11-22(20)23/h1-5,7-13,15,23,28H,6,14,16H2,(H,27,29). The Balaban J connectivity index is 1.28. The maximum absolute atomic E-state index is 13.2. The number of phenols is 1. The van der Waals surface area contributed by atoms with Crippen molar-refractivity contribution in [2.24, 2.45) is 0 Å². The third-order valence-electron chi connectivity index (χ3n) is 5.21. The van der Waals surface area contributed by atoms with Gasteiger partial charge >= 0.3 is 6.09 Å². The fourth-order valence-corrected chi connectivity index (χ4v) is 3.78. The van der Waals surface area contributed by atoms with E-state index in [1.54, 1.807) is 12.2 Å². The van der Waals surface area contributed by atoms with E-state index in [1.807, 2.05) is 24.3 Å². The number of carbonyl (C=O) groups excluding carboxylic acids is 1. The molecule has 3 aromatic rings. The minimum absolute atomic E-state index is 0.0112. The fourth-order valence-electron chi connectivity index (χ4n) is 3.78. The second-order valence-corrected chi connectivity index (χ2v) is 7.15. The molecule has 3 aromatic carbocycles. The molecule has 30 heavy (non-hydrogen) atoms. The van der Waals surface area contributed by atoms with Crippen LogP contribution in [0, 0.1) is 5.82 Å². The highest BCUT2D eigenvalue weighted by Crippen LogP contribution is 2.44. The first-order chi connectivity index (χ1) is 14.6. The summed E-state index contributed by atoms with van der Waals surface area (Å²) in [5.74, 6) is -0.375. The molecule has 0 saturated heterocycles. The number of aromatic hydroxyl groups is 1. The molecule has 0 fully saturated rings. The summed E-state index contributed by atoms with van der Waals surface area (Å²) in [7, 11) is 0. The minimum atomic E-state index is -0.473. The summed E-state index contributed by atoms with van der Waals surface area (Å²) in [5, 5.41) is 12.4. The van der Waals surface area contributed by atoms with E-state index < -0.39 is 11.9 Å². The summed E-state index contributed by atoms with van der Waals surface area (Å²) >= 11 is 0. The Bertz CT molecular complexity index is 1050. The Labute approximate surface area is 174 Å². The van der Waals surface area contributed by atoms with Crippen LogP contribution in [0.4, 0.5) is 9.18 Å². The molecule has 0 unspecified atom stereocenters. The van der Waals surface area contributed by atoms with Gasteiger partial charge in [-0.1, -0.05) is 60.7 Å². The van der Waals surface area contributed by atoms with E-state index in [2.05, 4.69) is 29.6 Å². The van der Waals surface area contributed by atoms with Crippen LogP contribution >= 0.6 is 0 Å². The summed E-state index contributed by atoms with van der Waals surface area (Å²) in [4.78, 5) is 12.1. The zero-order valence-electron chi connectivity index (χ0n) is 16.3. The van der Waals surface area contributed by atoms with Crippen LogP contribution in [0.15, 0.2) is 72.8 Å². The summed E-state index contributed by atoms with van der Waals surface area (Å²) in [5.41, 5.74) is 5.12. The Morgan fingerprint density at radius 1 is 1.03 bits per heavy atom. The third kappa shape index (κ3) is 4.20. The van der Waals surface area contributed by atoms with Gasteiger partial charge in [-0.2, -0.15) is 0 Å². The van der Waals surface area contributed by atoms with Gasteiger partial charge in [-0.05, 0) is 46.9 Å². The van der Waals surface area contributed by atoms with Gasteiger partial charge in [0.25, 0.3) is 0 Å². The smallest absolute Gasteiger partial charge is 0.407 e. The van der Waals surface area contributed by atoms with E-state index in [9.17, 15) is 14.3 Å². The van der Waals surface area contributed by atoms with Crippen LogP contribution in [-0.4, -0.2) is 24.4 Å². The van der Waals surface area contributed by atoms with Gasteiger partial charge in [0.1, 0.15) is 18.2 Å². The monoisotopic (exact) mass is 403 g/mol. The van der Waals surface area contributed by atoms with Crippen LogP contribution in [0.25, 0.3) is 17.2 Å². The van der Waals surface area contributed by atoms with Gasteiger partial charge < -0.3 is 15.2 Å². The molecule has 4 nitrogen and oxygen atoms in total. The lowest BCUT2D eigenvalue weighted by Gasteiger charge is -2.14. The molecule has 0 heterocycles. The second-order valence-electron chi connectivity index (χ2n) is 7.15. The molecule has 0 aliphatic heterocycles. The van der Waals surface area contributed by atoms with E-state index in [4.69, 9.17) is 4.74 Å². The van der Waals surface area contributed by atoms with Crippen molar-refractivity contribution in [3.05, 3.63) is 95.3 Å². The molecular weight excluding hydrogens is 381 g/mol. The predicted octanol–water partition coefficient (Wildman–Crippen LogP) is 5.47. The number of benzene rings is 3. The molecule has 0 radical (unpaired) electrons. The summed E-state index contributed by atoms with van der Waals surface area (Å²) in [6, 6.07) is 20.1. The van der Waals surface area contributed by atoms with Gasteiger partial charge in [-0.3, -0.25) is 0 Å². The van der Waals surface area contributed by atoms with E-state index in [0.29, 0.717) is 18.5 Å². The van der Waals surface area contributed by atoms with Gasteiger partial charge in [-0.25, -0.2) is 9.18 Å². The average molecular weight is 403 g/mol. The van der Waals surface area contributed by atoms with Crippen LogP contribution < -0.4 is 5.32 Å². The summed E-state index contributed by atoms with van der Waals surface area (Å²) < 4.78 is 18.7. The van der Waals surface area contributed by atoms with Gasteiger partial charge in [-0.15, -0.1) is 0 Å². The fraction of sp³-hybridized carbons (Fsp3) is 0.160. The molecule has 1 amide bonds. The predicted molar refractivity (Wildman–Crippen MR) is 115 cm³/mol. The molecule has 152 valence electrons. The van der Waals surface area contributed by atoms with Crippen LogP contribution in [0.2, 0.25) is 0 Å². The zero-order chi connectivity index (χ0) is 20.9. The van der Waals surface area contributed by atoms with Crippen molar-refractivity contribution in [3.8, 4) is 16.9 Å². The number of phenolic OH excluding ortho intramolecular Hbond substituents is 1. The number of alkyl carbamates (subject to hydrolysis) is 1. The molecule has 1 aliphatic rings. The van der Waals surface area contributed by atoms with Crippen molar-refractivity contribution in [1.82, 2.24) is 5.32 Å². The van der Waals surface area contributed by atoms with Crippen LogP contribution in [-0.2, 0) is 4.74 Å². The summed E-state index contributed by atoms with van der Waals surface area (Å²) in [6.07, 6.45) is 3.44. The van der Waals surface area contributed by atoms with Crippen molar-refractivity contribution in [1.29, 1.82) is 0 Å². The molecule has 0 aromatic heterocycles. The number of rotatable bonds is 6. The highest BCUT2D eigenvalue weighted by Gasteiger charge is 2.28. The van der Waals surface area contributed by atoms with E-state index in [0.717, 1.165) is 0 Å². The Morgan fingerprint density at radius 3 is 2.40 bits per heavy atom. The molecule has 5 heteroatoms. The van der Waals surface area contributed by atoms with Gasteiger partial charge in [0.15, 0.2) is 0 Å². The maximum atomic E-state index is 13.2. The SMILES string of the molecule is O=C(NCCC=Cc1cc(F)ccc1O)OCC1c2ccccc2-c2ccccc21. The largest absolute Gasteiger partial charge is 0.507 e. The number of fused-ring (bicyclic) bond motifs is 3. The van der Waals surface area contributed by atoms with E-state index in [-0.39, 0.29) is 18.3 Å². The molecular formula is C25H22FNO3. The molecule has 0 saturated carbocycles. The van der Waals surface area contributed by atoms with Crippen molar-refractivity contribution in [3.63, 3.8) is 0 Å². The third-order valence-corrected chi connectivity index (χ3v) is 5.21. The number of carbonyl (C=O) groups is 1. The Hall–Kier alpha value is -3.60. The minimum Gasteiger partial charge on any atom is -0.507 e. The maximum Gasteiger partial charge on any atom is 0.407 e. The number of amides is 1. The highest BCUT2D eigenvalue weighted by atomic mass is 19.1. The first-order valence-electron chi connectivity index (χ1n) is 9.87. The highest BCUT2D eigenvalue weighted by molar-refractivity contribution is 5.79. The molecule has 4 rings (SSSR count). The summed E-state index contributed by atoms with van der Waals surface area (Å²) in [6.45, 7) is 0.649. The first-order valence-corrected chi connectivity index (χ1v) is 9.87. The van der Waals surface area contributed by atoms with Gasteiger partial charge in [0.05, 0.1) is 0 Å². The quantitative estimate of drug-likeness (QED) is 0.536. The second kappa shape index (κ2) is 8.82. The van der Waals surface area contributed by atoms with Crippen molar-refractivity contribution in [2.45, 2.75) is 12.3 Å². The normalized spacial score (nSPS) is 12.6. The number of halogens is 1. The van der Waals surface area contributed by atoms with Crippen molar-refractivity contribution in [2.75, 3.05) is 13.2 Å². The van der Waals surface area contributed by atoms with Crippen LogP contribution in [0.5, 0.6) is 5.75 Å². The lowest BCUT2D eigenvalue weighted by atomic mass is 9.98. The number of nitrogens with one attached hydrogen (secondary N) is 1. The Kier molecular flexibility index (Phi) is 5.80. The topological polar surface area (TPSA) is 58.6 Å². The Morgan fingerprint density at radius 2 is 1.70 bits per heavy atom. The van der Waals surface area contributed by atoms with Crippen molar-refractivity contribution >= 4 is 12.2 Å². The number of ether oxygens (including phenoxy) is 1. The van der Waals surface area contributed by atoms with Gasteiger partial charge in [0, 0.05) is 18.0 Å². The number of hydrogen-bond donors (Lipinski definition) is 2. The molecule has 0 bridgehead atoms. The van der Waals surface area contributed by atoms with E-state index in [1.165, 1.54) is 40.5 Å². The van der Waals surface area contributed by atoms with Crippen molar-refractivity contribution < 1.29 is 19.0 Å². The average Bonchev–Trinajstić information content (AvgIpc) is 3.08.